The van der Waals surface area contributed by atoms with E-state index in [4.69, 9.17) is 23.8 Å². The number of furan rings is 2. The summed E-state index contributed by atoms with van der Waals surface area (Å²) in [6, 6.07) is 68.7. The maximum absolute atomic E-state index is 6.30. The van der Waals surface area contributed by atoms with E-state index in [1.165, 1.54) is 37.0 Å². The van der Waals surface area contributed by atoms with Crippen molar-refractivity contribution in [3.05, 3.63) is 194 Å². The molecule has 5 aromatic heterocycles. The van der Waals surface area contributed by atoms with Crippen LogP contribution in [0.2, 0.25) is 0 Å². The zero-order chi connectivity index (χ0) is 43.0. The highest BCUT2D eigenvalue weighted by atomic mass is 32.1. The lowest BCUT2D eigenvalue weighted by Gasteiger charge is -2.16. The van der Waals surface area contributed by atoms with E-state index in [1.54, 1.807) is 0 Å². The largest absolute Gasteiger partial charge is 0.456 e. The number of rotatable bonds is 4. The summed E-state index contributed by atoms with van der Waals surface area (Å²) < 4.78 is 17.4. The fourth-order valence-electron chi connectivity index (χ4n) is 10.3. The first-order chi connectivity index (χ1) is 32.7. The van der Waals surface area contributed by atoms with Crippen LogP contribution in [0.4, 0.5) is 0 Å². The molecule has 0 unspecified atom stereocenters. The molecule has 0 saturated heterocycles. The lowest BCUT2D eigenvalue weighted by atomic mass is 10.0. The minimum absolute atomic E-state index is 0.570. The Balaban J connectivity index is 1.09. The van der Waals surface area contributed by atoms with E-state index in [9.17, 15) is 0 Å². The molecule has 0 aliphatic heterocycles. The fourth-order valence-corrected chi connectivity index (χ4v) is 11.5. The first-order valence-electron chi connectivity index (χ1n) is 22.1. The van der Waals surface area contributed by atoms with Crippen molar-refractivity contribution in [2.24, 2.45) is 0 Å². The molecule has 0 radical (unpaired) electrons. The quantitative estimate of drug-likeness (QED) is 0.176. The van der Waals surface area contributed by atoms with E-state index in [1.807, 2.05) is 59.9 Å². The monoisotopic (exact) mass is 860 g/mol. The van der Waals surface area contributed by atoms with Crippen LogP contribution in [0.1, 0.15) is 0 Å². The number of aromatic nitrogens is 4. The summed E-state index contributed by atoms with van der Waals surface area (Å²) in [7, 11) is 0. The molecule has 66 heavy (non-hydrogen) atoms. The number of hydrogen-bond acceptors (Lipinski definition) is 6. The van der Waals surface area contributed by atoms with Crippen LogP contribution in [0, 0.1) is 0 Å². The van der Waals surface area contributed by atoms with Gasteiger partial charge in [-0.25, -0.2) is 15.0 Å². The van der Waals surface area contributed by atoms with E-state index in [0.29, 0.717) is 17.5 Å². The molecule has 15 rings (SSSR count). The lowest BCUT2D eigenvalue weighted by molar-refractivity contribution is 0.668. The molecule has 0 atom stereocenters. The Labute approximate surface area is 379 Å². The molecule has 0 amide bonds. The van der Waals surface area contributed by atoms with Crippen molar-refractivity contribution in [2.45, 2.75) is 0 Å². The van der Waals surface area contributed by atoms with Gasteiger partial charge < -0.3 is 13.4 Å². The minimum atomic E-state index is 0.570. The molecule has 0 fully saturated rings. The smallest absolute Gasteiger partial charge is 0.166 e. The molecule has 5 heterocycles. The number of fused-ring (bicyclic) bond motifs is 14. The summed E-state index contributed by atoms with van der Waals surface area (Å²) in [6.45, 7) is 0. The van der Waals surface area contributed by atoms with Crippen LogP contribution in [0.15, 0.2) is 203 Å². The van der Waals surface area contributed by atoms with Gasteiger partial charge in [0.25, 0.3) is 0 Å². The molecule has 0 saturated carbocycles. The predicted octanol–water partition coefficient (Wildman–Crippen LogP) is 16.4. The van der Waals surface area contributed by atoms with Crippen molar-refractivity contribution >= 4 is 119 Å². The van der Waals surface area contributed by atoms with Gasteiger partial charge in [-0.15, -0.1) is 11.3 Å². The molecule has 0 spiro atoms. The van der Waals surface area contributed by atoms with Crippen LogP contribution >= 0.6 is 11.3 Å². The molecule has 0 bridgehead atoms. The summed E-state index contributed by atoms with van der Waals surface area (Å²) in [5.74, 6) is 1.73. The van der Waals surface area contributed by atoms with Gasteiger partial charge in [0.05, 0.1) is 22.3 Å². The van der Waals surface area contributed by atoms with E-state index >= 15 is 0 Å². The van der Waals surface area contributed by atoms with Crippen molar-refractivity contribution in [3.8, 4) is 39.9 Å². The first kappa shape index (κ1) is 35.8. The molecule has 6 nitrogen and oxygen atoms in total. The Bertz CT molecular complexity index is 4420. The van der Waals surface area contributed by atoms with Gasteiger partial charge in [-0.3, -0.25) is 0 Å². The van der Waals surface area contributed by atoms with Crippen molar-refractivity contribution < 1.29 is 8.83 Å². The second-order valence-electron chi connectivity index (χ2n) is 17.1. The van der Waals surface area contributed by atoms with E-state index in [2.05, 4.69) is 150 Å². The molecule has 0 aliphatic rings. The maximum Gasteiger partial charge on any atom is 0.166 e. The molecule has 0 N–H and O–H groups in total. The molecule has 306 valence electrons. The third kappa shape index (κ3) is 5.20. The Kier molecular flexibility index (Phi) is 7.28. The number of thiophene rings is 1. The predicted molar refractivity (Wildman–Crippen MR) is 273 cm³/mol. The van der Waals surface area contributed by atoms with Crippen LogP contribution in [0.3, 0.4) is 0 Å². The Morgan fingerprint density at radius 2 is 0.864 bits per heavy atom. The normalized spacial score (nSPS) is 12.2. The molecular weight excluding hydrogens is 829 g/mol. The first-order valence-corrected chi connectivity index (χ1v) is 22.9. The van der Waals surface area contributed by atoms with Gasteiger partial charge in [-0.1, -0.05) is 103 Å². The Morgan fingerprint density at radius 1 is 0.348 bits per heavy atom. The fraction of sp³-hybridized carbons (Fsp3) is 0. The van der Waals surface area contributed by atoms with Crippen LogP contribution in [0.25, 0.3) is 147 Å². The van der Waals surface area contributed by atoms with Crippen LogP contribution in [-0.4, -0.2) is 19.5 Å². The highest BCUT2D eigenvalue weighted by Crippen LogP contribution is 2.47. The average molecular weight is 861 g/mol. The Hall–Kier alpha value is -8.65. The van der Waals surface area contributed by atoms with Crippen molar-refractivity contribution in [1.29, 1.82) is 0 Å². The summed E-state index contributed by atoms with van der Waals surface area (Å²) in [5.41, 5.74) is 9.21. The van der Waals surface area contributed by atoms with Crippen LogP contribution in [0.5, 0.6) is 0 Å². The number of nitrogens with zero attached hydrogens (tertiary/aromatic N) is 4. The second kappa shape index (κ2) is 13.4. The zero-order valence-corrected chi connectivity index (χ0v) is 35.8. The maximum atomic E-state index is 6.30. The average Bonchev–Trinajstić information content (AvgIpc) is 4.13. The molecular formula is C59H32N4O2S. The molecule has 10 aromatic carbocycles. The standard InChI is InChI=1S/C59H32N4O2S/c1-3-13-35-31-48-42(27-33(35)11-1)39-15-5-8-18-46(39)63(48)47-23-26-53-55(45-28-34-12-2-4-14-36(34)32-54(45)66-53)56(47)59-61-57(37-21-24-51-43(29-37)40-16-6-9-19-49(40)64-51)60-58(62-59)38-22-25-52-44(30-38)41-17-7-10-20-50(41)65-52/h1-32H. The zero-order valence-electron chi connectivity index (χ0n) is 35.0. The van der Waals surface area contributed by atoms with Crippen molar-refractivity contribution in [1.82, 2.24) is 19.5 Å². The minimum Gasteiger partial charge on any atom is -0.456 e. The van der Waals surface area contributed by atoms with Crippen molar-refractivity contribution in [3.63, 3.8) is 0 Å². The van der Waals surface area contributed by atoms with Crippen LogP contribution < -0.4 is 0 Å². The summed E-state index contributed by atoms with van der Waals surface area (Å²) in [6.07, 6.45) is 0. The van der Waals surface area contributed by atoms with E-state index in [0.717, 1.165) is 92.8 Å². The summed E-state index contributed by atoms with van der Waals surface area (Å²) >= 11 is 1.81. The van der Waals surface area contributed by atoms with E-state index < -0.39 is 0 Å². The van der Waals surface area contributed by atoms with Gasteiger partial charge >= 0.3 is 0 Å². The van der Waals surface area contributed by atoms with Gasteiger partial charge in [-0.2, -0.15) is 0 Å². The third-order valence-electron chi connectivity index (χ3n) is 13.4. The Morgan fingerprint density at radius 3 is 1.52 bits per heavy atom. The SMILES string of the molecule is c1ccc2cc3c(cc2c1)sc1ccc(-n2c4ccccc4c4cc5ccccc5cc42)c(-c2nc(-c4ccc5oc6ccccc6c5c4)nc(-c4ccc5oc6ccccc6c5c4)n2)c13. The van der Waals surface area contributed by atoms with Gasteiger partial charge in [0.1, 0.15) is 22.3 Å². The van der Waals surface area contributed by atoms with Gasteiger partial charge in [-0.05, 0) is 113 Å². The molecule has 0 aliphatic carbocycles. The van der Waals surface area contributed by atoms with Crippen LogP contribution in [-0.2, 0) is 0 Å². The number of para-hydroxylation sites is 3. The molecule has 15 aromatic rings. The van der Waals surface area contributed by atoms with Gasteiger partial charge in [0.15, 0.2) is 17.5 Å². The lowest BCUT2D eigenvalue weighted by Crippen LogP contribution is -2.04. The number of benzene rings is 10. The third-order valence-corrected chi connectivity index (χ3v) is 14.5. The number of hydrogen-bond donors (Lipinski definition) is 0. The summed E-state index contributed by atoms with van der Waals surface area (Å²) in [4.78, 5) is 16.5. The van der Waals surface area contributed by atoms with Gasteiger partial charge in [0.2, 0.25) is 0 Å². The highest BCUT2D eigenvalue weighted by molar-refractivity contribution is 7.26. The van der Waals surface area contributed by atoms with Gasteiger partial charge in [0, 0.05) is 63.6 Å². The second-order valence-corrected chi connectivity index (χ2v) is 18.2. The molecule has 7 heteroatoms. The van der Waals surface area contributed by atoms with E-state index in [-0.39, 0.29) is 0 Å². The summed E-state index contributed by atoms with van der Waals surface area (Å²) in [5, 5.41) is 13.5. The van der Waals surface area contributed by atoms with Crippen molar-refractivity contribution in [2.75, 3.05) is 0 Å². The highest BCUT2D eigenvalue weighted by Gasteiger charge is 2.25. The topological polar surface area (TPSA) is 69.9 Å².